The highest BCUT2D eigenvalue weighted by molar-refractivity contribution is 5.94. The first-order valence-electron chi connectivity index (χ1n) is 9.13. The van der Waals surface area contributed by atoms with E-state index in [0.29, 0.717) is 23.7 Å². The predicted molar refractivity (Wildman–Crippen MR) is 103 cm³/mol. The first kappa shape index (κ1) is 19.5. The van der Waals surface area contributed by atoms with E-state index in [-0.39, 0.29) is 18.6 Å². The zero-order chi connectivity index (χ0) is 20.3. The maximum atomic E-state index is 12.5. The Labute approximate surface area is 163 Å². The molecular formula is C19H25N7O2. The Hall–Kier alpha value is -3.23. The maximum absolute atomic E-state index is 12.5. The second-order valence-corrected chi connectivity index (χ2v) is 6.91. The van der Waals surface area contributed by atoms with Gasteiger partial charge >= 0.3 is 0 Å². The molecule has 0 atom stereocenters. The molecule has 148 valence electrons. The Morgan fingerprint density at radius 3 is 2.75 bits per heavy atom. The van der Waals surface area contributed by atoms with Gasteiger partial charge in [-0.05, 0) is 56.3 Å². The van der Waals surface area contributed by atoms with Gasteiger partial charge < -0.3 is 10.1 Å². The summed E-state index contributed by atoms with van der Waals surface area (Å²) in [6.07, 6.45) is 0. The molecule has 3 rings (SSSR count). The van der Waals surface area contributed by atoms with Crippen LogP contribution in [0.2, 0.25) is 0 Å². The number of carbonyl (C=O) groups is 1. The van der Waals surface area contributed by atoms with Gasteiger partial charge in [-0.1, -0.05) is 6.07 Å². The topological polar surface area (TPSA) is 99.8 Å². The monoisotopic (exact) mass is 383 g/mol. The highest BCUT2D eigenvalue weighted by Crippen LogP contribution is 2.16. The van der Waals surface area contributed by atoms with E-state index < -0.39 is 0 Å². The van der Waals surface area contributed by atoms with Crippen LogP contribution in [0.4, 0.5) is 0 Å². The number of hydrogen-bond acceptors (Lipinski definition) is 6. The lowest BCUT2D eigenvalue weighted by atomic mass is 10.1. The van der Waals surface area contributed by atoms with E-state index >= 15 is 0 Å². The van der Waals surface area contributed by atoms with Crippen molar-refractivity contribution in [3.63, 3.8) is 0 Å². The fraction of sp³-hybridized carbons (Fsp3) is 0.421. The molecule has 0 spiro atoms. The van der Waals surface area contributed by atoms with E-state index in [1.54, 1.807) is 28.9 Å². The molecule has 0 saturated heterocycles. The fourth-order valence-corrected chi connectivity index (χ4v) is 2.93. The molecule has 9 nitrogen and oxygen atoms in total. The molecule has 28 heavy (non-hydrogen) atoms. The van der Waals surface area contributed by atoms with Crippen molar-refractivity contribution in [2.75, 3.05) is 0 Å². The number of rotatable bonds is 7. The predicted octanol–water partition coefficient (Wildman–Crippen LogP) is 2.11. The molecule has 1 aromatic carbocycles. The number of aryl methyl sites for hydroxylation is 2. The van der Waals surface area contributed by atoms with Crippen LogP contribution in [0.25, 0.3) is 0 Å². The minimum atomic E-state index is -0.167. The van der Waals surface area contributed by atoms with Crippen LogP contribution in [0.3, 0.4) is 0 Å². The number of tetrazole rings is 1. The number of aromatic nitrogens is 6. The Kier molecular flexibility index (Phi) is 5.72. The third kappa shape index (κ3) is 4.19. The molecular weight excluding hydrogens is 358 g/mol. The number of carbonyl (C=O) groups excluding carboxylic acids is 1. The summed E-state index contributed by atoms with van der Waals surface area (Å²) in [7, 11) is 1.89. The molecule has 0 fully saturated rings. The summed E-state index contributed by atoms with van der Waals surface area (Å²) in [5.74, 6) is 1.05. The first-order valence-corrected chi connectivity index (χ1v) is 9.13. The molecule has 0 saturated carbocycles. The van der Waals surface area contributed by atoms with Crippen LogP contribution < -0.4 is 10.1 Å². The van der Waals surface area contributed by atoms with Crippen molar-refractivity contribution in [1.29, 1.82) is 0 Å². The van der Waals surface area contributed by atoms with E-state index in [9.17, 15) is 4.79 Å². The summed E-state index contributed by atoms with van der Waals surface area (Å²) in [5.41, 5.74) is 3.52. The van der Waals surface area contributed by atoms with Crippen LogP contribution in [0.5, 0.6) is 5.75 Å². The number of hydrogen-bond donors (Lipinski definition) is 1. The van der Waals surface area contributed by atoms with Gasteiger partial charge in [0.2, 0.25) is 0 Å². The number of benzene rings is 1. The summed E-state index contributed by atoms with van der Waals surface area (Å²) in [4.78, 5) is 12.5. The minimum absolute atomic E-state index is 0.144. The lowest BCUT2D eigenvalue weighted by molar-refractivity contribution is 0.0950. The van der Waals surface area contributed by atoms with E-state index in [1.807, 2.05) is 39.4 Å². The molecule has 0 aliphatic carbocycles. The summed E-state index contributed by atoms with van der Waals surface area (Å²) >= 11 is 0. The van der Waals surface area contributed by atoms with Crippen LogP contribution in [0, 0.1) is 13.8 Å². The zero-order valence-electron chi connectivity index (χ0n) is 16.8. The summed E-state index contributed by atoms with van der Waals surface area (Å²) in [6, 6.07) is 7.20. The van der Waals surface area contributed by atoms with Crippen molar-refractivity contribution < 1.29 is 9.53 Å². The normalized spacial score (nSPS) is 11.1. The number of ether oxygens (including phenoxy) is 1. The molecule has 2 aromatic heterocycles. The van der Waals surface area contributed by atoms with Gasteiger partial charge in [-0.3, -0.25) is 9.48 Å². The molecule has 0 radical (unpaired) electrons. The van der Waals surface area contributed by atoms with Crippen LogP contribution in [0.15, 0.2) is 24.3 Å². The lowest BCUT2D eigenvalue weighted by Gasteiger charge is -2.10. The van der Waals surface area contributed by atoms with E-state index in [1.165, 1.54) is 0 Å². The molecule has 9 heteroatoms. The molecule has 2 heterocycles. The van der Waals surface area contributed by atoms with E-state index in [2.05, 4.69) is 25.9 Å². The summed E-state index contributed by atoms with van der Waals surface area (Å²) in [6.45, 7) is 8.57. The Morgan fingerprint density at radius 1 is 1.29 bits per heavy atom. The minimum Gasteiger partial charge on any atom is -0.486 e. The van der Waals surface area contributed by atoms with Gasteiger partial charge in [-0.15, -0.1) is 5.10 Å². The number of amides is 1. The van der Waals surface area contributed by atoms with Gasteiger partial charge in [0.25, 0.3) is 5.91 Å². The van der Waals surface area contributed by atoms with Gasteiger partial charge in [0.15, 0.2) is 5.82 Å². The van der Waals surface area contributed by atoms with Crippen LogP contribution in [-0.4, -0.2) is 35.9 Å². The van der Waals surface area contributed by atoms with Crippen molar-refractivity contribution >= 4 is 5.91 Å². The molecule has 0 aliphatic rings. The molecule has 1 N–H and O–H groups in total. The van der Waals surface area contributed by atoms with Gasteiger partial charge in [-0.25, -0.2) is 4.68 Å². The number of nitrogens with zero attached hydrogens (tertiary/aromatic N) is 6. The van der Waals surface area contributed by atoms with Gasteiger partial charge in [-0.2, -0.15) is 5.10 Å². The Bertz CT molecular complexity index is 975. The third-order valence-electron chi connectivity index (χ3n) is 4.60. The SMILES string of the molecule is Cc1nn(C)c(C)c1CNC(=O)c1cccc(OCc2nnnn2C(C)C)c1. The van der Waals surface area contributed by atoms with Gasteiger partial charge in [0, 0.05) is 30.4 Å². The first-order chi connectivity index (χ1) is 13.4. The maximum Gasteiger partial charge on any atom is 0.251 e. The average Bonchev–Trinajstić information content (AvgIpc) is 3.23. The third-order valence-corrected chi connectivity index (χ3v) is 4.60. The second kappa shape index (κ2) is 8.20. The van der Waals surface area contributed by atoms with E-state index in [4.69, 9.17) is 4.74 Å². The Morgan fingerprint density at radius 2 is 2.07 bits per heavy atom. The standard InChI is InChI=1S/C19H25N7O2/c1-12(2)26-18(21-23-24-26)11-28-16-8-6-7-15(9-16)19(27)20-10-17-13(3)22-25(5)14(17)4/h6-9,12H,10-11H2,1-5H3,(H,20,27). The van der Waals surface area contributed by atoms with Crippen molar-refractivity contribution in [2.45, 2.75) is 46.9 Å². The molecule has 0 unspecified atom stereocenters. The van der Waals surface area contributed by atoms with Crippen LogP contribution in [-0.2, 0) is 20.2 Å². The van der Waals surface area contributed by atoms with Crippen molar-refractivity contribution in [1.82, 2.24) is 35.3 Å². The fourth-order valence-electron chi connectivity index (χ4n) is 2.93. The summed E-state index contributed by atoms with van der Waals surface area (Å²) in [5, 5.41) is 18.9. The van der Waals surface area contributed by atoms with Gasteiger partial charge in [0.1, 0.15) is 12.4 Å². The Balaban J connectivity index is 1.63. The van der Waals surface area contributed by atoms with E-state index in [0.717, 1.165) is 17.0 Å². The molecule has 0 bridgehead atoms. The smallest absolute Gasteiger partial charge is 0.251 e. The molecule has 3 aromatic rings. The average molecular weight is 383 g/mol. The van der Waals surface area contributed by atoms with Crippen molar-refractivity contribution in [3.8, 4) is 5.75 Å². The quantitative estimate of drug-likeness (QED) is 0.671. The van der Waals surface area contributed by atoms with Crippen LogP contribution >= 0.6 is 0 Å². The zero-order valence-corrected chi connectivity index (χ0v) is 16.8. The summed E-state index contributed by atoms with van der Waals surface area (Å²) < 4.78 is 9.30. The van der Waals surface area contributed by atoms with Crippen molar-refractivity contribution in [2.24, 2.45) is 7.05 Å². The second-order valence-electron chi connectivity index (χ2n) is 6.91. The number of nitrogens with one attached hydrogen (secondary N) is 1. The molecule has 1 amide bonds. The van der Waals surface area contributed by atoms with Gasteiger partial charge in [0.05, 0.1) is 11.7 Å². The van der Waals surface area contributed by atoms with Crippen LogP contribution in [0.1, 0.15) is 53.0 Å². The molecule has 0 aliphatic heterocycles. The highest BCUT2D eigenvalue weighted by atomic mass is 16.5. The largest absolute Gasteiger partial charge is 0.486 e. The highest BCUT2D eigenvalue weighted by Gasteiger charge is 2.13. The van der Waals surface area contributed by atoms with Crippen molar-refractivity contribution in [3.05, 3.63) is 52.6 Å². The lowest BCUT2D eigenvalue weighted by Crippen LogP contribution is -2.23.